The second-order valence-electron chi connectivity index (χ2n) is 4.63. The van der Waals surface area contributed by atoms with E-state index in [4.69, 9.17) is 4.74 Å². The van der Waals surface area contributed by atoms with Gasteiger partial charge in [0.15, 0.2) is 0 Å². The van der Waals surface area contributed by atoms with Crippen LogP contribution in [0.15, 0.2) is 18.5 Å². The molecule has 1 heterocycles. The Morgan fingerprint density at radius 3 is 2.89 bits per heavy atom. The lowest BCUT2D eigenvalue weighted by molar-refractivity contribution is 0.0846. The Kier molecular flexibility index (Phi) is 6.68. The number of nitrogens with zero attached hydrogens (tertiary/aromatic N) is 2. The van der Waals surface area contributed by atoms with E-state index < -0.39 is 0 Å². The van der Waals surface area contributed by atoms with E-state index >= 15 is 0 Å². The third-order valence-corrected chi connectivity index (χ3v) is 2.73. The van der Waals surface area contributed by atoms with Crippen LogP contribution in [0.5, 0.6) is 0 Å². The molecule has 1 N–H and O–H groups in total. The molecular weight excluding hydrogens is 226 g/mol. The first-order valence-electron chi connectivity index (χ1n) is 6.61. The Hall–Kier alpha value is -1.13. The first kappa shape index (κ1) is 14.9. The van der Waals surface area contributed by atoms with Crippen molar-refractivity contribution >= 4 is 5.69 Å². The topological polar surface area (TPSA) is 37.4 Å². The largest absolute Gasteiger partial charge is 0.377 e. The molecule has 0 aliphatic rings. The standard InChI is InChI=1S/C14H25N3O/c1-5-15-10-13-11-16-7-6-14(13)17(4)8-9-18-12(2)3/h6-7,11-12,15H,5,8-10H2,1-4H3. The third kappa shape index (κ3) is 5.02. The van der Waals surface area contributed by atoms with Crippen molar-refractivity contribution in [1.29, 1.82) is 0 Å². The fraction of sp³-hybridized carbons (Fsp3) is 0.643. The predicted molar refractivity (Wildman–Crippen MR) is 76.0 cm³/mol. The van der Waals surface area contributed by atoms with Gasteiger partial charge in [-0.15, -0.1) is 0 Å². The first-order chi connectivity index (χ1) is 8.65. The van der Waals surface area contributed by atoms with Crippen LogP contribution in [0.3, 0.4) is 0 Å². The summed E-state index contributed by atoms with van der Waals surface area (Å²) in [5.41, 5.74) is 2.45. The van der Waals surface area contributed by atoms with Crippen molar-refractivity contribution < 1.29 is 4.74 Å². The highest BCUT2D eigenvalue weighted by molar-refractivity contribution is 5.51. The SMILES string of the molecule is CCNCc1cnccc1N(C)CCOC(C)C. The van der Waals surface area contributed by atoms with Gasteiger partial charge >= 0.3 is 0 Å². The molecule has 0 saturated heterocycles. The zero-order valence-corrected chi connectivity index (χ0v) is 11.9. The van der Waals surface area contributed by atoms with Crippen molar-refractivity contribution in [1.82, 2.24) is 10.3 Å². The Bertz CT molecular complexity index is 342. The summed E-state index contributed by atoms with van der Waals surface area (Å²) in [5.74, 6) is 0. The van der Waals surface area contributed by atoms with Crippen molar-refractivity contribution in [3.05, 3.63) is 24.0 Å². The molecule has 0 aromatic carbocycles. The molecule has 1 aromatic heterocycles. The normalized spacial score (nSPS) is 10.9. The average Bonchev–Trinajstić information content (AvgIpc) is 2.36. The molecule has 4 nitrogen and oxygen atoms in total. The number of anilines is 1. The molecule has 0 unspecified atom stereocenters. The Labute approximate surface area is 110 Å². The second-order valence-corrected chi connectivity index (χ2v) is 4.63. The van der Waals surface area contributed by atoms with Crippen LogP contribution < -0.4 is 10.2 Å². The highest BCUT2D eigenvalue weighted by Gasteiger charge is 2.07. The van der Waals surface area contributed by atoms with E-state index in [-0.39, 0.29) is 6.10 Å². The van der Waals surface area contributed by atoms with Gasteiger partial charge in [0.25, 0.3) is 0 Å². The van der Waals surface area contributed by atoms with E-state index in [0.717, 1.165) is 26.2 Å². The molecule has 102 valence electrons. The van der Waals surface area contributed by atoms with Gasteiger partial charge in [0.05, 0.1) is 12.7 Å². The molecule has 1 aromatic rings. The van der Waals surface area contributed by atoms with Gasteiger partial charge in [0.1, 0.15) is 0 Å². The van der Waals surface area contributed by atoms with Gasteiger partial charge in [0, 0.05) is 43.8 Å². The highest BCUT2D eigenvalue weighted by atomic mass is 16.5. The third-order valence-electron chi connectivity index (χ3n) is 2.73. The van der Waals surface area contributed by atoms with E-state index in [1.165, 1.54) is 11.3 Å². The quantitative estimate of drug-likeness (QED) is 0.767. The fourth-order valence-electron chi connectivity index (χ4n) is 1.73. The monoisotopic (exact) mass is 251 g/mol. The number of ether oxygens (including phenoxy) is 1. The van der Waals surface area contributed by atoms with Crippen LogP contribution in [-0.4, -0.2) is 37.8 Å². The summed E-state index contributed by atoms with van der Waals surface area (Å²) in [5, 5.41) is 3.34. The molecule has 0 spiro atoms. The molecule has 4 heteroatoms. The molecule has 18 heavy (non-hydrogen) atoms. The van der Waals surface area contributed by atoms with Crippen molar-refractivity contribution in [2.45, 2.75) is 33.4 Å². The molecule has 0 aliphatic carbocycles. The van der Waals surface area contributed by atoms with Gasteiger partial charge in [0.2, 0.25) is 0 Å². The summed E-state index contributed by atoms with van der Waals surface area (Å²) in [4.78, 5) is 6.41. The van der Waals surface area contributed by atoms with Crippen LogP contribution in [0.25, 0.3) is 0 Å². The summed E-state index contributed by atoms with van der Waals surface area (Å²) in [6, 6.07) is 2.06. The lowest BCUT2D eigenvalue weighted by atomic mass is 10.2. The van der Waals surface area contributed by atoms with Crippen LogP contribution in [0, 0.1) is 0 Å². The Morgan fingerprint density at radius 2 is 2.22 bits per heavy atom. The smallest absolute Gasteiger partial charge is 0.0644 e. The van der Waals surface area contributed by atoms with E-state index in [1.54, 1.807) is 0 Å². The second kappa shape index (κ2) is 8.06. The molecule has 0 amide bonds. The summed E-state index contributed by atoms with van der Waals surface area (Å²) in [7, 11) is 2.09. The summed E-state index contributed by atoms with van der Waals surface area (Å²) < 4.78 is 5.58. The van der Waals surface area contributed by atoms with Crippen LogP contribution in [-0.2, 0) is 11.3 Å². The molecule has 0 bridgehead atoms. The minimum absolute atomic E-state index is 0.289. The maximum Gasteiger partial charge on any atom is 0.0644 e. The van der Waals surface area contributed by atoms with E-state index in [2.05, 4.69) is 49.1 Å². The Balaban J connectivity index is 2.57. The molecule has 1 rings (SSSR count). The zero-order chi connectivity index (χ0) is 13.4. The summed E-state index contributed by atoms with van der Waals surface area (Å²) in [6.45, 7) is 9.68. The number of hydrogen-bond acceptors (Lipinski definition) is 4. The number of rotatable bonds is 8. The lowest BCUT2D eigenvalue weighted by Crippen LogP contribution is -2.26. The van der Waals surface area contributed by atoms with Gasteiger partial charge in [-0.2, -0.15) is 0 Å². The Morgan fingerprint density at radius 1 is 1.44 bits per heavy atom. The maximum absolute atomic E-state index is 5.58. The van der Waals surface area contributed by atoms with Gasteiger partial charge in [-0.3, -0.25) is 4.98 Å². The number of pyridine rings is 1. The average molecular weight is 251 g/mol. The van der Waals surface area contributed by atoms with Crippen LogP contribution >= 0.6 is 0 Å². The zero-order valence-electron chi connectivity index (χ0n) is 11.9. The van der Waals surface area contributed by atoms with Crippen molar-refractivity contribution in [3.8, 4) is 0 Å². The van der Waals surface area contributed by atoms with Gasteiger partial charge in [-0.1, -0.05) is 6.92 Å². The summed E-state index contributed by atoms with van der Waals surface area (Å²) in [6.07, 6.45) is 4.06. The van der Waals surface area contributed by atoms with E-state index in [0.29, 0.717) is 0 Å². The fourth-order valence-corrected chi connectivity index (χ4v) is 1.73. The van der Waals surface area contributed by atoms with Crippen molar-refractivity contribution in [2.24, 2.45) is 0 Å². The highest BCUT2D eigenvalue weighted by Crippen LogP contribution is 2.17. The predicted octanol–water partition coefficient (Wildman–Crippen LogP) is 2.05. The lowest BCUT2D eigenvalue weighted by Gasteiger charge is -2.22. The minimum Gasteiger partial charge on any atom is -0.377 e. The summed E-state index contributed by atoms with van der Waals surface area (Å²) >= 11 is 0. The van der Waals surface area contributed by atoms with Crippen molar-refractivity contribution in [3.63, 3.8) is 0 Å². The molecule has 0 fully saturated rings. The van der Waals surface area contributed by atoms with E-state index in [1.807, 2.05) is 12.4 Å². The van der Waals surface area contributed by atoms with E-state index in [9.17, 15) is 0 Å². The molecule has 0 aliphatic heterocycles. The minimum atomic E-state index is 0.289. The maximum atomic E-state index is 5.58. The number of nitrogens with one attached hydrogen (secondary N) is 1. The molecule has 0 saturated carbocycles. The number of likely N-dealkylation sites (N-methyl/N-ethyl adjacent to an activating group) is 1. The van der Waals surface area contributed by atoms with Crippen LogP contribution in [0.2, 0.25) is 0 Å². The molecule has 0 atom stereocenters. The van der Waals surface area contributed by atoms with Crippen LogP contribution in [0.1, 0.15) is 26.3 Å². The number of hydrogen-bond donors (Lipinski definition) is 1. The number of aromatic nitrogens is 1. The van der Waals surface area contributed by atoms with Gasteiger partial charge in [-0.05, 0) is 26.5 Å². The molecule has 0 radical (unpaired) electrons. The van der Waals surface area contributed by atoms with Gasteiger partial charge in [-0.25, -0.2) is 0 Å². The first-order valence-corrected chi connectivity index (χ1v) is 6.61. The van der Waals surface area contributed by atoms with Crippen LogP contribution in [0.4, 0.5) is 5.69 Å². The van der Waals surface area contributed by atoms with Crippen molar-refractivity contribution in [2.75, 3.05) is 31.6 Å². The molecular formula is C14H25N3O. The van der Waals surface area contributed by atoms with Gasteiger partial charge < -0.3 is 15.0 Å².